The van der Waals surface area contributed by atoms with E-state index >= 15 is 0 Å². The van der Waals surface area contributed by atoms with Gasteiger partial charge >= 0.3 is 0 Å². The van der Waals surface area contributed by atoms with Gasteiger partial charge in [-0.25, -0.2) is 8.78 Å². The van der Waals surface area contributed by atoms with Gasteiger partial charge in [0.1, 0.15) is 24.0 Å². The molecule has 0 bridgehead atoms. The molecular formula is C21H17F2N5O3. The zero-order chi connectivity index (χ0) is 21.8. The first-order chi connectivity index (χ1) is 15.0. The summed E-state index contributed by atoms with van der Waals surface area (Å²) in [5, 5.41) is 15.2. The van der Waals surface area contributed by atoms with Crippen molar-refractivity contribution in [1.29, 1.82) is 0 Å². The number of hydrogen-bond acceptors (Lipinski definition) is 6. The fourth-order valence-electron chi connectivity index (χ4n) is 2.88. The van der Waals surface area contributed by atoms with E-state index in [4.69, 9.17) is 9.47 Å². The minimum Gasteiger partial charge on any atom is -0.497 e. The van der Waals surface area contributed by atoms with Crippen molar-refractivity contribution in [2.45, 2.75) is 0 Å². The van der Waals surface area contributed by atoms with Gasteiger partial charge in [0.05, 0.1) is 19.2 Å². The Kier molecular flexibility index (Phi) is 5.69. The van der Waals surface area contributed by atoms with Crippen LogP contribution in [0.5, 0.6) is 11.6 Å². The number of fused-ring (bicyclic) bond motifs is 1. The molecule has 158 valence electrons. The van der Waals surface area contributed by atoms with Crippen molar-refractivity contribution in [3.05, 3.63) is 71.8 Å². The zero-order valence-corrected chi connectivity index (χ0v) is 16.4. The average Bonchev–Trinajstić information content (AvgIpc) is 3.20. The van der Waals surface area contributed by atoms with Gasteiger partial charge in [-0.1, -0.05) is 12.1 Å². The lowest BCUT2D eigenvalue weighted by Gasteiger charge is -2.08. The third-order valence-electron chi connectivity index (χ3n) is 4.38. The second-order valence-electron chi connectivity index (χ2n) is 6.43. The van der Waals surface area contributed by atoms with Crippen LogP contribution in [0.15, 0.2) is 54.6 Å². The number of benzene rings is 2. The van der Waals surface area contributed by atoms with Crippen LogP contribution in [0.25, 0.3) is 17.0 Å². The maximum atomic E-state index is 13.7. The van der Waals surface area contributed by atoms with E-state index in [-0.39, 0.29) is 18.7 Å². The fraction of sp³-hybridized carbons (Fsp3) is 0.143. The second-order valence-corrected chi connectivity index (χ2v) is 6.43. The molecule has 4 rings (SSSR count). The molecule has 8 nitrogen and oxygen atoms in total. The molecule has 0 fully saturated rings. The van der Waals surface area contributed by atoms with Crippen molar-refractivity contribution >= 4 is 11.6 Å². The molecular weight excluding hydrogens is 408 g/mol. The number of halogens is 2. The molecule has 0 aliphatic rings. The summed E-state index contributed by atoms with van der Waals surface area (Å²) in [4.78, 5) is 12.0. The molecule has 0 unspecified atom stereocenters. The van der Waals surface area contributed by atoms with Crippen LogP contribution in [0.2, 0.25) is 0 Å². The predicted octanol–water partition coefficient (Wildman–Crippen LogP) is 2.89. The third kappa shape index (κ3) is 4.42. The molecule has 0 saturated carbocycles. The van der Waals surface area contributed by atoms with Crippen LogP contribution in [-0.4, -0.2) is 46.0 Å². The summed E-state index contributed by atoms with van der Waals surface area (Å²) in [5.41, 5.74) is 1.06. The number of aromatic nitrogens is 4. The maximum absolute atomic E-state index is 13.7. The smallest absolute Gasteiger partial charge is 0.254 e. The highest BCUT2D eigenvalue weighted by molar-refractivity contribution is 5.94. The Balaban J connectivity index is 1.41. The molecule has 4 aromatic rings. The lowest BCUT2D eigenvalue weighted by molar-refractivity contribution is 0.0942. The minimum absolute atomic E-state index is 0.0870. The summed E-state index contributed by atoms with van der Waals surface area (Å²) < 4.78 is 39.0. The SMILES string of the molecule is COc1cccc(-c2nnc3ccc(OCCNC(=O)c4ccc(F)cc4F)nn23)c1. The Morgan fingerprint density at radius 1 is 1.10 bits per heavy atom. The lowest BCUT2D eigenvalue weighted by atomic mass is 10.2. The van der Waals surface area contributed by atoms with Gasteiger partial charge in [0.25, 0.3) is 5.91 Å². The molecule has 0 aliphatic heterocycles. The van der Waals surface area contributed by atoms with Gasteiger partial charge in [0.2, 0.25) is 5.88 Å². The van der Waals surface area contributed by atoms with Crippen LogP contribution in [0, 0.1) is 11.6 Å². The zero-order valence-electron chi connectivity index (χ0n) is 16.4. The van der Waals surface area contributed by atoms with E-state index in [1.165, 1.54) is 4.52 Å². The molecule has 2 aromatic carbocycles. The Morgan fingerprint density at radius 3 is 2.77 bits per heavy atom. The fourth-order valence-corrected chi connectivity index (χ4v) is 2.88. The van der Waals surface area contributed by atoms with Crippen molar-refractivity contribution in [2.75, 3.05) is 20.3 Å². The van der Waals surface area contributed by atoms with Gasteiger partial charge in [-0.15, -0.1) is 15.3 Å². The van der Waals surface area contributed by atoms with Crippen molar-refractivity contribution in [3.8, 4) is 23.0 Å². The third-order valence-corrected chi connectivity index (χ3v) is 4.38. The van der Waals surface area contributed by atoms with Crippen LogP contribution in [-0.2, 0) is 0 Å². The van der Waals surface area contributed by atoms with Crippen molar-refractivity contribution in [3.63, 3.8) is 0 Å². The van der Waals surface area contributed by atoms with Crippen LogP contribution in [0.3, 0.4) is 0 Å². The van der Waals surface area contributed by atoms with E-state index in [1.54, 1.807) is 19.2 Å². The minimum atomic E-state index is -0.928. The summed E-state index contributed by atoms with van der Waals surface area (Å²) in [7, 11) is 1.58. The molecule has 0 aliphatic carbocycles. The first-order valence-corrected chi connectivity index (χ1v) is 9.28. The van der Waals surface area contributed by atoms with Gasteiger partial charge in [0.15, 0.2) is 11.5 Å². The Morgan fingerprint density at radius 2 is 1.97 bits per heavy atom. The highest BCUT2D eigenvalue weighted by Gasteiger charge is 2.13. The van der Waals surface area contributed by atoms with Crippen LogP contribution in [0.1, 0.15) is 10.4 Å². The number of methoxy groups -OCH3 is 1. The number of amides is 1. The van der Waals surface area contributed by atoms with E-state index in [0.717, 1.165) is 17.7 Å². The normalized spacial score (nSPS) is 10.8. The van der Waals surface area contributed by atoms with Crippen LogP contribution in [0.4, 0.5) is 8.78 Å². The standard InChI is InChI=1S/C21H17F2N5O3/c1-30-15-4-2-3-13(11-15)20-26-25-18-7-8-19(27-28(18)20)31-10-9-24-21(29)16-6-5-14(22)12-17(16)23/h2-8,11-12H,9-10H2,1H3,(H,24,29). The van der Waals surface area contributed by atoms with E-state index in [2.05, 4.69) is 20.6 Å². The monoisotopic (exact) mass is 425 g/mol. The number of rotatable bonds is 7. The summed E-state index contributed by atoms with van der Waals surface area (Å²) in [6.07, 6.45) is 0. The summed E-state index contributed by atoms with van der Waals surface area (Å²) in [5.74, 6) is -0.860. The predicted molar refractivity (Wildman–Crippen MR) is 107 cm³/mol. The highest BCUT2D eigenvalue weighted by atomic mass is 19.1. The second kappa shape index (κ2) is 8.74. The number of hydrogen-bond donors (Lipinski definition) is 1. The summed E-state index contributed by atoms with van der Waals surface area (Å²) in [6, 6.07) is 13.4. The van der Waals surface area contributed by atoms with Crippen LogP contribution < -0.4 is 14.8 Å². The van der Waals surface area contributed by atoms with Crippen molar-refractivity contribution in [2.24, 2.45) is 0 Å². The molecule has 1 amide bonds. The molecule has 2 aromatic heterocycles. The quantitative estimate of drug-likeness (QED) is 0.458. The molecule has 0 atom stereocenters. The molecule has 31 heavy (non-hydrogen) atoms. The Bertz CT molecular complexity index is 1240. The number of ether oxygens (including phenoxy) is 2. The highest BCUT2D eigenvalue weighted by Crippen LogP contribution is 2.23. The first-order valence-electron chi connectivity index (χ1n) is 9.28. The van der Waals surface area contributed by atoms with Crippen molar-refractivity contribution in [1.82, 2.24) is 25.1 Å². The molecule has 1 N–H and O–H groups in total. The van der Waals surface area contributed by atoms with Crippen LogP contribution >= 0.6 is 0 Å². The summed E-state index contributed by atoms with van der Waals surface area (Å²) in [6.45, 7) is 0.184. The van der Waals surface area contributed by atoms with E-state index in [0.29, 0.717) is 29.2 Å². The lowest BCUT2D eigenvalue weighted by Crippen LogP contribution is -2.29. The molecule has 2 heterocycles. The van der Waals surface area contributed by atoms with E-state index in [9.17, 15) is 13.6 Å². The molecule has 0 saturated heterocycles. The largest absolute Gasteiger partial charge is 0.497 e. The topological polar surface area (TPSA) is 90.6 Å². The summed E-state index contributed by atoms with van der Waals surface area (Å²) >= 11 is 0. The number of nitrogens with one attached hydrogen (secondary N) is 1. The van der Waals surface area contributed by atoms with Gasteiger partial charge < -0.3 is 14.8 Å². The van der Waals surface area contributed by atoms with Gasteiger partial charge in [-0.3, -0.25) is 4.79 Å². The molecule has 0 radical (unpaired) electrons. The average molecular weight is 425 g/mol. The van der Waals surface area contributed by atoms with Gasteiger partial charge in [-0.05, 0) is 30.3 Å². The van der Waals surface area contributed by atoms with Crippen molar-refractivity contribution < 1.29 is 23.0 Å². The molecule has 10 heteroatoms. The van der Waals surface area contributed by atoms with E-state index < -0.39 is 17.5 Å². The van der Waals surface area contributed by atoms with E-state index in [1.807, 2.05) is 24.3 Å². The number of carbonyl (C=O) groups excluding carboxylic acids is 1. The number of carbonyl (C=O) groups is 1. The van der Waals surface area contributed by atoms with Gasteiger partial charge in [-0.2, -0.15) is 4.52 Å². The first kappa shape index (κ1) is 20.2. The number of nitrogens with zero attached hydrogens (tertiary/aromatic N) is 4. The Hall–Kier alpha value is -4.08. The Labute approximate surface area is 175 Å². The van der Waals surface area contributed by atoms with Gasteiger partial charge in [0, 0.05) is 17.7 Å². The molecule has 0 spiro atoms. The maximum Gasteiger partial charge on any atom is 0.254 e.